The molecule has 4 rings (SSSR count). The number of aromatic nitrogens is 4. The Bertz CT molecular complexity index is 1280. The van der Waals surface area contributed by atoms with Crippen LogP contribution in [0.25, 0.3) is 5.82 Å². The van der Waals surface area contributed by atoms with E-state index < -0.39 is 10.0 Å². The molecule has 0 spiro atoms. The second kappa shape index (κ2) is 8.25. The number of hydrogen-bond acceptors (Lipinski definition) is 6. The molecule has 0 saturated carbocycles. The Balaban J connectivity index is 1.52. The van der Waals surface area contributed by atoms with Crippen molar-refractivity contribution in [1.82, 2.24) is 19.7 Å². The van der Waals surface area contributed by atoms with Gasteiger partial charge < -0.3 is 4.74 Å². The van der Waals surface area contributed by atoms with Crippen molar-refractivity contribution in [3.8, 4) is 17.4 Å². The summed E-state index contributed by atoms with van der Waals surface area (Å²) < 4.78 is 35.6. The minimum atomic E-state index is -3.72. The summed E-state index contributed by atoms with van der Waals surface area (Å²) in [6.07, 6.45) is 3.43. The van der Waals surface area contributed by atoms with E-state index in [1.165, 1.54) is 6.07 Å². The van der Waals surface area contributed by atoms with Gasteiger partial charge in [-0.05, 0) is 65.3 Å². The molecule has 1 N–H and O–H groups in total. The third-order valence-corrected chi connectivity index (χ3v) is 6.39. The van der Waals surface area contributed by atoms with E-state index in [1.54, 1.807) is 78.6 Å². The maximum Gasteiger partial charge on any atom is 0.263 e. The molecule has 2 aromatic heterocycles. The monoisotopic (exact) mass is 485 g/mol. The number of nitrogens with zero attached hydrogens (tertiary/aromatic N) is 4. The summed E-state index contributed by atoms with van der Waals surface area (Å²) in [6, 6.07) is 16.6. The van der Waals surface area contributed by atoms with E-state index in [-0.39, 0.29) is 4.90 Å². The Kier molecular flexibility index (Phi) is 5.51. The Labute approximate surface area is 181 Å². The zero-order valence-corrected chi connectivity index (χ0v) is 18.1. The highest BCUT2D eigenvalue weighted by atomic mass is 79.9. The van der Waals surface area contributed by atoms with Crippen molar-refractivity contribution in [3.05, 3.63) is 83.4 Å². The molecular weight excluding hydrogens is 470 g/mol. The summed E-state index contributed by atoms with van der Waals surface area (Å²) >= 11 is 3.26. The molecule has 0 unspecified atom stereocenters. The Morgan fingerprint density at radius 1 is 1.03 bits per heavy atom. The SMILES string of the molecule is Cc1nc(Oc2ccc(NS(=O)(=O)c3ccccc3Br)cc2)cc(-n2cccn2)n1. The van der Waals surface area contributed by atoms with Crippen LogP contribution in [-0.4, -0.2) is 28.2 Å². The van der Waals surface area contributed by atoms with E-state index in [0.717, 1.165) is 0 Å². The summed E-state index contributed by atoms with van der Waals surface area (Å²) in [5.41, 5.74) is 0.411. The lowest BCUT2D eigenvalue weighted by Gasteiger charge is -2.11. The molecule has 0 amide bonds. The largest absolute Gasteiger partial charge is 0.439 e. The van der Waals surface area contributed by atoms with Crippen molar-refractivity contribution in [2.75, 3.05) is 4.72 Å². The average Bonchev–Trinajstić information content (AvgIpc) is 3.24. The van der Waals surface area contributed by atoms with E-state index in [0.29, 0.717) is 33.4 Å². The third-order valence-electron chi connectivity index (χ3n) is 4.00. The van der Waals surface area contributed by atoms with E-state index in [1.807, 2.05) is 0 Å². The summed E-state index contributed by atoms with van der Waals surface area (Å²) in [7, 11) is -3.72. The van der Waals surface area contributed by atoms with Gasteiger partial charge in [-0.2, -0.15) is 10.1 Å². The molecule has 0 aliphatic rings. The van der Waals surface area contributed by atoms with Crippen molar-refractivity contribution in [1.29, 1.82) is 0 Å². The number of benzene rings is 2. The first-order chi connectivity index (χ1) is 14.4. The van der Waals surface area contributed by atoms with E-state index >= 15 is 0 Å². The zero-order chi connectivity index (χ0) is 21.1. The Morgan fingerprint density at radius 3 is 2.50 bits per heavy atom. The molecule has 0 bridgehead atoms. The van der Waals surface area contributed by atoms with E-state index in [4.69, 9.17) is 4.74 Å². The van der Waals surface area contributed by atoms with Gasteiger partial charge in [-0.25, -0.2) is 18.1 Å². The van der Waals surface area contributed by atoms with Crippen LogP contribution in [0.4, 0.5) is 5.69 Å². The molecule has 152 valence electrons. The number of sulfonamides is 1. The van der Waals surface area contributed by atoms with Gasteiger partial charge >= 0.3 is 0 Å². The third kappa shape index (κ3) is 4.50. The van der Waals surface area contributed by atoms with Crippen molar-refractivity contribution < 1.29 is 13.2 Å². The lowest BCUT2D eigenvalue weighted by molar-refractivity contribution is 0.459. The molecular formula is C20H16BrN5O3S. The topological polar surface area (TPSA) is 99.0 Å². The fourth-order valence-corrected chi connectivity index (χ4v) is 4.75. The molecule has 0 fully saturated rings. The second-order valence-corrected chi connectivity index (χ2v) is 8.73. The average molecular weight is 486 g/mol. The number of anilines is 1. The Morgan fingerprint density at radius 2 is 1.80 bits per heavy atom. The lowest BCUT2D eigenvalue weighted by Crippen LogP contribution is -2.13. The highest BCUT2D eigenvalue weighted by molar-refractivity contribution is 9.10. The lowest BCUT2D eigenvalue weighted by atomic mass is 10.3. The fourth-order valence-electron chi connectivity index (χ4n) is 2.68. The van der Waals surface area contributed by atoms with Gasteiger partial charge in [0.1, 0.15) is 16.5 Å². The smallest absolute Gasteiger partial charge is 0.263 e. The summed E-state index contributed by atoms with van der Waals surface area (Å²) in [4.78, 5) is 8.78. The van der Waals surface area contributed by atoms with Crippen molar-refractivity contribution in [2.24, 2.45) is 0 Å². The summed E-state index contributed by atoms with van der Waals surface area (Å²) in [5.74, 6) is 1.98. The van der Waals surface area contributed by atoms with Gasteiger partial charge in [0.25, 0.3) is 10.0 Å². The van der Waals surface area contributed by atoms with Gasteiger partial charge in [0.05, 0.1) is 0 Å². The number of hydrogen-bond donors (Lipinski definition) is 1. The van der Waals surface area contributed by atoms with Crippen LogP contribution < -0.4 is 9.46 Å². The fraction of sp³-hybridized carbons (Fsp3) is 0.0500. The highest BCUT2D eigenvalue weighted by Crippen LogP contribution is 2.26. The molecule has 0 aliphatic carbocycles. The maximum atomic E-state index is 12.6. The number of ether oxygens (including phenoxy) is 1. The molecule has 10 heteroatoms. The maximum absolute atomic E-state index is 12.6. The van der Waals surface area contributed by atoms with Gasteiger partial charge in [0, 0.05) is 28.6 Å². The van der Waals surface area contributed by atoms with Crippen LogP contribution in [0, 0.1) is 6.92 Å². The first-order valence-electron chi connectivity index (χ1n) is 8.82. The number of nitrogens with one attached hydrogen (secondary N) is 1. The first-order valence-corrected chi connectivity index (χ1v) is 11.1. The van der Waals surface area contributed by atoms with Gasteiger partial charge in [0.15, 0.2) is 5.82 Å². The predicted octanol–water partition coefficient (Wildman–Crippen LogP) is 4.33. The van der Waals surface area contributed by atoms with Gasteiger partial charge in [-0.1, -0.05) is 12.1 Å². The second-order valence-electron chi connectivity index (χ2n) is 6.22. The normalized spacial score (nSPS) is 11.3. The first kappa shape index (κ1) is 20.0. The molecule has 0 atom stereocenters. The number of rotatable bonds is 6. The van der Waals surface area contributed by atoms with Crippen molar-refractivity contribution >= 4 is 31.6 Å². The van der Waals surface area contributed by atoms with Gasteiger partial charge in [0.2, 0.25) is 5.88 Å². The molecule has 2 heterocycles. The van der Waals surface area contributed by atoms with Crippen LogP contribution in [0.3, 0.4) is 0 Å². The molecule has 30 heavy (non-hydrogen) atoms. The van der Waals surface area contributed by atoms with Crippen LogP contribution in [0.1, 0.15) is 5.82 Å². The van der Waals surface area contributed by atoms with Crippen LogP contribution in [0.2, 0.25) is 0 Å². The minimum Gasteiger partial charge on any atom is -0.439 e. The zero-order valence-electron chi connectivity index (χ0n) is 15.7. The summed E-state index contributed by atoms with van der Waals surface area (Å²) in [5, 5.41) is 4.15. The standard InChI is InChI=1S/C20H16BrN5O3S/c1-14-23-19(26-12-4-11-22-26)13-20(24-14)29-16-9-7-15(8-10-16)25-30(27,28)18-6-3-2-5-17(18)21/h2-13,25H,1H3. The van der Waals surface area contributed by atoms with Crippen LogP contribution in [0.15, 0.2) is 82.4 Å². The number of aryl methyl sites for hydroxylation is 1. The quantitative estimate of drug-likeness (QED) is 0.436. The van der Waals surface area contributed by atoms with Crippen LogP contribution in [0.5, 0.6) is 11.6 Å². The molecule has 8 nitrogen and oxygen atoms in total. The van der Waals surface area contributed by atoms with Crippen molar-refractivity contribution in [2.45, 2.75) is 11.8 Å². The molecule has 0 saturated heterocycles. The highest BCUT2D eigenvalue weighted by Gasteiger charge is 2.17. The molecule has 4 aromatic rings. The van der Waals surface area contributed by atoms with Gasteiger partial charge in [-0.3, -0.25) is 4.72 Å². The number of halogens is 1. The predicted molar refractivity (Wildman–Crippen MR) is 115 cm³/mol. The van der Waals surface area contributed by atoms with Crippen LogP contribution >= 0.6 is 15.9 Å². The van der Waals surface area contributed by atoms with Crippen LogP contribution in [-0.2, 0) is 10.0 Å². The summed E-state index contributed by atoms with van der Waals surface area (Å²) in [6.45, 7) is 1.76. The van der Waals surface area contributed by atoms with Gasteiger partial charge in [-0.15, -0.1) is 0 Å². The van der Waals surface area contributed by atoms with E-state index in [9.17, 15) is 8.42 Å². The molecule has 0 radical (unpaired) electrons. The minimum absolute atomic E-state index is 0.160. The van der Waals surface area contributed by atoms with Crippen molar-refractivity contribution in [3.63, 3.8) is 0 Å². The Hall–Kier alpha value is -3.24. The molecule has 0 aliphatic heterocycles. The molecule has 2 aromatic carbocycles. The van der Waals surface area contributed by atoms with E-state index in [2.05, 4.69) is 35.7 Å².